The van der Waals surface area contributed by atoms with Gasteiger partial charge in [-0.2, -0.15) is 0 Å². The van der Waals surface area contributed by atoms with Crippen LogP contribution in [0.2, 0.25) is 0 Å². The number of alkyl halides is 2. The number of nitrogens with two attached hydrogens (primary N) is 1. The average Bonchev–Trinajstić information content (AvgIpc) is 2.20. The fourth-order valence-electron chi connectivity index (χ4n) is 1.20. The van der Waals surface area contributed by atoms with E-state index < -0.39 is 12.5 Å². The first kappa shape index (κ1) is 15.6. The lowest BCUT2D eigenvalue weighted by molar-refractivity contribution is 0.114. The first-order valence-corrected chi connectivity index (χ1v) is 5.31. The van der Waals surface area contributed by atoms with E-state index in [4.69, 9.17) is 10.5 Å². The van der Waals surface area contributed by atoms with Gasteiger partial charge in [0.05, 0.1) is 12.6 Å². The largest absolute Gasteiger partial charge is 0.494 e. The molecule has 1 aromatic carbocycles. The molecule has 0 aliphatic carbocycles. The van der Waals surface area contributed by atoms with Crippen LogP contribution < -0.4 is 10.5 Å². The second-order valence-electron chi connectivity index (χ2n) is 2.98. The van der Waals surface area contributed by atoms with Crippen molar-refractivity contribution in [1.82, 2.24) is 0 Å². The number of hydrogen-bond acceptors (Lipinski definition) is 2. The molecule has 0 radical (unpaired) electrons. The van der Waals surface area contributed by atoms with E-state index in [-0.39, 0.29) is 12.4 Å². The van der Waals surface area contributed by atoms with Crippen molar-refractivity contribution in [2.24, 2.45) is 5.73 Å². The predicted molar refractivity (Wildman–Crippen MR) is 65.5 cm³/mol. The average molecular weight is 317 g/mol. The molecule has 0 spiro atoms. The highest BCUT2D eigenvalue weighted by Gasteiger charge is 2.21. The molecule has 0 saturated heterocycles. The van der Waals surface area contributed by atoms with E-state index in [9.17, 15) is 8.78 Å². The van der Waals surface area contributed by atoms with E-state index in [1.54, 1.807) is 25.1 Å². The van der Waals surface area contributed by atoms with Gasteiger partial charge in [-0.1, -0.05) is 15.9 Å². The normalized spacial score (nSPS) is 12.1. The third-order valence-electron chi connectivity index (χ3n) is 1.90. The van der Waals surface area contributed by atoms with Gasteiger partial charge in [-0.15, -0.1) is 12.4 Å². The molecular formula is C10H13BrClF2NO. The molecule has 0 heterocycles. The molecule has 0 aromatic heterocycles. The molecular weight excluding hydrogens is 303 g/mol. The quantitative estimate of drug-likeness (QED) is 0.922. The lowest BCUT2D eigenvalue weighted by atomic mass is 10.1. The van der Waals surface area contributed by atoms with Crippen molar-refractivity contribution < 1.29 is 13.5 Å². The molecule has 0 aliphatic heterocycles. The Labute approximate surface area is 108 Å². The molecule has 2 nitrogen and oxygen atoms in total. The zero-order valence-corrected chi connectivity index (χ0v) is 11.0. The van der Waals surface area contributed by atoms with Crippen LogP contribution in [0.4, 0.5) is 8.78 Å². The molecule has 1 aromatic rings. The number of hydrogen-bond donors (Lipinski definition) is 1. The summed E-state index contributed by atoms with van der Waals surface area (Å²) in [7, 11) is 0. The summed E-state index contributed by atoms with van der Waals surface area (Å²) in [5.41, 5.74) is 5.71. The van der Waals surface area contributed by atoms with Gasteiger partial charge in [0.2, 0.25) is 0 Å². The minimum Gasteiger partial charge on any atom is -0.494 e. The maximum atomic E-state index is 12.5. The SMILES string of the molecule is CCOc1ccc(Br)cc1[C@H](N)C(F)F.Cl. The van der Waals surface area contributed by atoms with E-state index >= 15 is 0 Å². The van der Waals surface area contributed by atoms with Crippen LogP contribution in [0.25, 0.3) is 0 Å². The monoisotopic (exact) mass is 315 g/mol. The molecule has 92 valence electrons. The van der Waals surface area contributed by atoms with Crippen LogP contribution in [-0.2, 0) is 0 Å². The van der Waals surface area contributed by atoms with Crippen LogP contribution in [0.1, 0.15) is 18.5 Å². The van der Waals surface area contributed by atoms with Crippen LogP contribution >= 0.6 is 28.3 Å². The van der Waals surface area contributed by atoms with Crippen molar-refractivity contribution in [1.29, 1.82) is 0 Å². The molecule has 6 heteroatoms. The molecule has 1 rings (SSSR count). The lowest BCUT2D eigenvalue weighted by Gasteiger charge is -2.16. The summed E-state index contributed by atoms with van der Waals surface area (Å²) < 4.78 is 30.9. The summed E-state index contributed by atoms with van der Waals surface area (Å²) in [6.07, 6.45) is -2.60. The van der Waals surface area contributed by atoms with E-state index in [0.29, 0.717) is 22.4 Å². The topological polar surface area (TPSA) is 35.2 Å². The Morgan fingerprint density at radius 2 is 2.06 bits per heavy atom. The fraction of sp³-hybridized carbons (Fsp3) is 0.400. The summed E-state index contributed by atoms with van der Waals surface area (Å²) in [5.74, 6) is 0.411. The molecule has 0 amide bonds. The lowest BCUT2D eigenvalue weighted by Crippen LogP contribution is -2.20. The predicted octanol–water partition coefficient (Wildman–Crippen LogP) is 3.53. The van der Waals surface area contributed by atoms with Crippen molar-refractivity contribution in [3.63, 3.8) is 0 Å². The van der Waals surface area contributed by atoms with Gasteiger partial charge in [0.15, 0.2) is 0 Å². The van der Waals surface area contributed by atoms with Gasteiger partial charge < -0.3 is 10.5 Å². The van der Waals surface area contributed by atoms with Crippen molar-refractivity contribution >= 4 is 28.3 Å². The van der Waals surface area contributed by atoms with Gasteiger partial charge in [0.25, 0.3) is 6.43 Å². The van der Waals surface area contributed by atoms with E-state index in [2.05, 4.69) is 15.9 Å². The molecule has 1 atom stereocenters. The Bertz CT molecular complexity index is 339. The first-order chi connectivity index (χ1) is 7.06. The van der Waals surface area contributed by atoms with Crippen LogP contribution in [-0.4, -0.2) is 13.0 Å². The van der Waals surface area contributed by atoms with Gasteiger partial charge >= 0.3 is 0 Å². The Hall–Kier alpha value is -0.390. The molecule has 0 aliphatic rings. The van der Waals surface area contributed by atoms with Crippen molar-refractivity contribution in [2.75, 3.05) is 6.61 Å². The molecule has 0 unspecified atom stereocenters. The highest BCUT2D eigenvalue weighted by atomic mass is 79.9. The third kappa shape index (κ3) is 3.88. The van der Waals surface area contributed by atoms with Crippen LogP contribution in [0.3, 0.4) is 0 Å². The van der Waals surface area contributed by atoms with Gasteiger partial charge in [0.1, 0.15) is 5.75 Å². The highest BCUT2D eigenvalue weighted by Crippen LogP contribution is 2.30. The first-order valence-electron chi connectivity index (χ1n) is 4.52. The van der Waals surface area contributed by atoms with Crippen LogP contribution in [0, 0.1) is 0 Å². The second-order valence-corrected chi connectivity index (χ2v) is 3.89. The maximum absolute atomic E-state index is 12.5. The third-order valence-corrected chi connectivity index (χ3v) is 2.40. The number of halogens is 4. The molecule has 0 bridgehead atoms. The standard InChI is InChI=1S/C10H12BrF2NO.ClH/c1-2-15-8-4-3-6(11)5-7(8)9(14)10(12)13;/h3-5,9-10H,2,14H2,1H3;1H/t9-;/m0./s1. The zero-order chi connectivity index (χ0) is 11.4. The van der Waals surface area contributed by atoms with Crippen LogP contribution in [0.5, 0.6) is 5.75 Å². The Balaban J connectivity index is 0.00000225. The van der Waals surface area contributed by atoms with Gasteiger partial charge in [-0.05, 0) is 25.1 Å². The summed E-state index contributed by atoms with van der Waals surface area (Å²) in [6.45, 7) is 2.21. The fourth-order valence-corrected chi connectivity index (χ4v) is 1.58. The minimum absolute atomic E-state index is 0. The van der Waals surface area contributed by atoms with Gasteiger partial charge in [-0.3, -0.25) is 0 Å². The summed E-state index contributed by atoms with van der Waals surface area (Å²) >= 11 is 3.21. The molecule has 2 N–H and O–H groups in total. The van der Waals surface area contributed by atoms with E-state index in [1.807, 2.05) is 0 Å². The summed E-state index contributed by atoms with van der Waals surface area (Å²) in [6, 6.07) is 3.60. The van der Waals surface area contributed by atoms with E-state index in [0.717, 1.165) is 0 Å². The van der Waals surface area contributed by atoms with E-state index in [1.165, 1.54) is 0 Å². The van der Waals surface area contributed by atoms with Crippen molar-refractivity contribution in [2.45, 2.75) is 19.4 Å². The maximum Gasteiger partial charge on any atom is 0.257 e. The number of ether oxygens (including phenoxy) is 1. The van der Waals surface area contributed by atoms with Crippen molar-refractivity contribution in [3.05, 3.63) is 28.2 Å². The molecule has 16 heavy (non-hydrogen) atoms. The van der Waals surface area contributed by atoms with Crippen LogP contribution in [0.15, 0.2) is 22.7 Å². The smallest absolute Gasteiger partial charge is 0.257 e. The minimum atomic E-state index is -2.60. The van der Waals surface area contributed by atoms with Crippen molar-refractivity contribution in [3.8, 4) is 5.75 Å². The second kappa shape index (κ2) is 7.04. The Morgan fingerprint density at radius 1 is 1.44 bits per heavy atom. The Morgan fingerprint density at radius 3 is 2.56 bits per heavy atom. The number of benzene rings is 1. The summed E-state index contributed by atoms with van der Waals surface area (Å²) in [5, 5.41) is 0. The highest BCUT2D eigenvalue weighted by molar-refractivity contribution is 9.10. The number of rotatable bonds is 4. The van der Waals surface area contributed by atoms with Gasteiger partial charge in [-0.25, -0.2) is 8.78 Å². The molecule has 0 fully saturated rings. The van der Waals surface area contributed by atoms with Gasteiger partial charge in [0, 0.05) is 10.0 Å². The summed E-state index contributed by atoms with van der Waals surface area (Å²) in [4.78, 5) is 0. The Kier molecular flexibility index (Phi) is 6.87. The zero-order valence-electron chi connectivity index (χ0n) is 8.62. The molecule has 0 saturated carbocycles.